The molecule has 2 aromatic rings. The van der Waals surface area contributed by atoms with Crippen molar-refractivity contribution in [3.63, 3.8) is 0 Å². The fourth-order valence-corrected chi connectivity index (χ4v) is 2.96. The zero-order valence-corrected chi connectivity index (χ0v) is 13.7. The Labute approximate surface area is 135 Å². The molecule has 2 heterocycles. The summed E-state index contributed by atoms with van der Waals surface area (Å²) in [7, 11) is 2.06. The maximum atomic E-state index is 12.4. The number of carbonyl (C=O) groups is 1. The van der Waals surface area contributed by atoms with Crippen molar-refractivity contribution in [2.24, 2.45) is 0 Å². The van der Waals surface area contributed by atoms with E-state index in [-0.39, 0.29) is 11.5 Å². The molecule has 0 spiro atoms. The number of carbonyl (C=O) groups excluding carboxylic acids is 1. The van der Waals surface area contributed by atoms with E-state index >= 15 is 0 Å². The summed E-state index contributed by atoms with van der Waals surface area (Å²) >= 11 is 0. The SMILES string of the molecule is Cc1nc2ccccc2n(CCC(=O)N2CCN(C)CC2)c1=O. The Morgan fingerprint density at radius 3 is 2.61 bits per heavy atom. The van der Waals surface area contributed by atoms with Gasteiger partial charge in [0.05, 0.1) is 11.0 Å². The van der Waals surface area contributed by atoms with Gasteiger partial charge in [0.15, 0.2) is 0 Å². The average molecular weight is 314 g/mol. The van der Waals surface area contributed by atoms with E-state index in [1.165, 1.54) is 0 Å². The molecule has 0 radical (unpaired) electrons. The molecule has 0 atom stereocenters. The number of hydrogen-bond acceptors (Lipinski definition) is 4. The minimum Gasteiger partial charge on any atom is -0.340 e. The van der Waals surface area contributed by atoms with Crippen molar-refractivity contribution < 1.29 is 4.79 Å². The number of likely N-dealkylation sites (N-methyl/N-ethyl adjacent to an activating group) is 1. The molecule has 1 aromatic heterocycles. The predicted molar refractivity (Wildman–Crippen MR) is 89.4 cm³/mol. The predicted octanol–water partition coefficient (Wildman–Crippen LogP) is 0.869. The van der Waals surface area contributed by atoms with E-state index < -0.39 is 0 Å². The molecular weight excluding hydrogens is 292 g/mol. The number of para-hydroxylation sites is 2. The fraction of sp³-hybridized carbons (Fsp3) is 0.471. The maximum absolute atomic E-state index is 12.4. The topological polar surface area (TPSA) is 58.4 Å². The van der Waals surface area contributed by atoms with Gasteiger partial charge in [0.1, 0.15) is 5.69 Å². The molecule has 23 heavy (non-hydrogen) atoms. The molecule has 1 saturated heterocycles. The average Bonchev–Trinajstić information content (AvgIpc) is 2.55. The number of piperazine rings is 1. The number of amides is 1. The molecule has 0 unspecified atom stereocenters. The van der Waals surface area contributed by atoms with Gasteiger partial charge in [0, 0.05) is 39.1 Å². The molecule has 1 amide bonds. The maximum Gasteiger partial charge on any atom is 0.272 e. The molecule has 3 rings (SSSR count). The molecule has 0 bridgehead atoms. The van der Waals surface area contributed by atoms with Crippen molar-refractivity contribution in [1.29, 1.82) is 0 Å². The van der Waals surface area contributed by atoms with E-state index in [1.54, 1.807) is 11.5 Å². The van der Waals surface area contributed by atoms with Crippen LogP contribution in [0.3, 0.4) is 0 Å². The van der Waals surface area contributed by atoms with E-state index in [1.807, 2.05) is 29.2 Å². The number of benzene rings is 1. The highest BCUT2D eigenvalue weighted by atomic mass is 16.2. The highest BCUT2D eigenvalue weighted by molar-refractivity contribution is 5.77. The normalized spacial score (nSPS) is 16.0. The van der Waals surface area contributed by atoms with Crippen LogP contribution in [0.2, 0.25) is 0 Å². The summed E-state index contributed by atoms with van der Waals surface area (Å²) in [4.78, 5) is 33.2. The van der Waals surface area contributed by atoms with Crippen LogP contribution in [-0.4, -0.2) is 58.5 Å². The van der Waals surface area contributed by atoms with Gasteiger partial charge < -0.3 is 14.4 Å². The summed E-state index contributed by atoms with van der Waals surface area (Å²) in [6.45, 7) is 5.45. The lowest BCUT2D eigenvalue weighted by Crippen LogP contribution is -2.47. The Balaban J connectivity index is 1.78. The summed E-state index contributed by atoms with van der Waals surface area (Å²) in [5.74, 6) is 0.114. The summed E-state index contributed by atoms with van der Waals surface area (Å²) < 4.78 is 1.67. The van der Waals surface area contributed by atoms with Crippen LogP contribution in [0.4, 0.5) is 0 Å². The second-order valence-corrected chi connectivity index (χ2v) is 6.08. The molecule has 1 aromatic carbocycles. The first-order valence-corrected chi connectivity index (χ1v) is 7.99. The number of hydrogen-bond donors (Lipinski definition) is 0. The lowest BCUT2D eigenvalue weighted by Gasteiger charge is -2.32. The third-order valence-corrected chi connectivity index (χ3v) is 4.42. The zero-order chi connectivity index (χ0) is 16.4. The molecule has 0 aliphatic carbocycles. The van der Waals surface area contributed by atoms with Gasteiger partial charge >= 0.3 is 0 Å². The van der Waals surface area contributed by atoms with Crippen LogP contribution in [-0.2, 0) is 11.3 Å². The van der Waals surface area contributed by atoms with Gasteiger partial charge in [-0.15, -0.1) is 0 Å². The minimum absolute atomic E-state index is 0.114. The van der Waals surface area contributed by atoms with E-state index in [4.69, 9.17) is 0 Å². The molecule has 1 aliphatic heterocycles. The first kappa shape index (κ1) is 15.7. The summed E-state index contributed by atoms with van der Waals surface area (Å²) in [6, 6.07) is 7.56. The van der Waals surface area contributed by atoms with Crippen LogP contribution in [0.25, 0.3) is 11.0 Å². The van der Waals surface area contributed by atoms with E-state index in [9.17, 15) is 9.59 Å². The first-order valence-electron chi connectivity index (χ1n) is 7.99. The molecular formula is C17H22N4O2. The molecule has 0 N–H and O–H groups in total. The Morgan fingerprint density at radius 1 is 1.17 bits per heavy atom. The molecule has 1 fully saturated rings. The number of aryl methyl sites for hydroxylation is 2. The van der Waals surface area contributed by atoms with E-state index in [2.05, 4.69) is 16.9 Å². The number of nitrogens with zero attached hydrogens (tertiary/aromatic N) is 4. The Morgan fingerprint density at radius 2 is 1.87 bits per heavy atom. The lowest BCUT2D eigenvalue weighted by molar-refractivity contribution is -0.133. The van der Waals surface area contributed by atoms with Crippen molar-refractivity contribution in [2.45, 2.75) is 19.9 Å². The molecule has 122 valence electrons. The van der Waals surface area contributed by atoms with Crippen molar-refractivity contribution in [3.8, 4) is 0 Å². The van der Waals surface area contributed by atoms with E-state index in [0.717, 1.165) is 37.2 Å². The number of rotatable bonds is 3. The second kappa shape index (κ2) is 6.50. The summed E-state index contributed by atoms with van der Waals surface area (Å²) in [5.41, 5.74) is 1.93. The molecule has 0 saturated carbocycles. The highest BCUT2D eigenvalue weighted by Gasteiger charge is 2.19. The first-order chi connectivity index (χ1) is 11.1. The van der Waals surface area contributed by atoms with Gasteiger partial charge in [-0.05, 0) is 26.1 Å². The Hall–Kier alpha value is -2.21. The van der Waals surface area contributed by atoms with Gasteiger partial charge in [-0.3, -0.25) is 9.59 Å². The van der Waals surface area contributed by atoms with Crippen LogP contribution in [0.15, 0.2) is 29.1 Å². The Kier molecular flexibility index (Phi) is 4.43. The molecule has 6 heteroatoms. The highest BCUT2D eigenvalue weighted by Crippen LogP contribution is 2.11. The number of aromatic nitrogens is 2. The van der Waals surface area contributed by atoms with Crippen LogP contribution in [0.5, 0.6) is 0 Å². The minimum atomic E-state index is -0.116. The van der Waals surface area contributed by atoms with Crippen LogP contribution in [0, 0.1) is 6.92 Å². The number of fused-ring (bicyclic) bond motifs is 1. The third kappa shape index (κ3) is 3.27. The van der Waals surface area contributed by atoms with Gasteiger partial charge in [0.25, 0.3) is 5.56 Å². The second-order valence-electron chi connectivity index (χ2n) is 6.08. The third-order valence-electron chi connectivity index (χ3n) is 4.42. The van der Waals surface area contributed by atoms with Crippen molar-refractivity contribution in [1.82, 2.24) is 19.4 Å². The van der Waals surface area contributed by atoms with Gasteiger partial charge in [-0.1, -0.05) is 12.1 Å². The monoisotopic (exact) mass is 314 g/mol. The standard InChI is InChI=1S/C17H22N4O2/c1-13-17(23)21(15-6-4-3-5-14(15)18-13)8-7-16(22)20-11-9-19(2)10-12-20/h3-6H,7-12H2,1-2H3. The molecule has 1 aliphatic rings. The Bertz CT molecular complexity index is 776. The van der Waals surface area contributed by atoms with Gasteiger partial charge in [-0.2, -0.15) is 0 Å². The van der Waals surface area contributed by atoms with Crippen LogP contribution >= 0.6 is 0 Å². The van der Waals surface area contributed by atoms with Crippen LogP contribution < -0.4 is 5.56 Å². The lowest BCUT2D eigenvalue weighted by atomic mass is 10.2. The fourth-order valence-electron chi connectivity index (χ4n) is 2.96. The van der Waals surface area contributed by atoms with Crippen molar-refractivity contribution in [2.75, 3.05) is 33.2 Å². The molecule has 6 nitrogen and oxygen atoms in total. The quantitative estimate of drug-likeness (QED) is 0.843. The largest absolute Gasteiger partial charge is 0.340 e. The summed E-state index contributed by atoms with van der Waals surface area (Å²) in [5, 5.41) is 0. The van der Waals surface area contributed by atoms with E-state index in [0.29, 0.717) is 18.7 Å². The smallest absolute Gasteiger partial charge is 0.272 e. The van der Waals surface area contributed by atoms with Crippen LogP contribution in [0.1, 0.15) is 12.1 Å². The van der Waals surface area contributed by atoms with Crippen molar-refractivity contribution >= 4 is 16.9 Å². The van der Waals surface area contributed by atoms with Gasteiger partial charge in [-0.25, -0.2) is 4.98 Å². The van der Waals surface area contributed by atoms with Crippen molar-refractivity contribution in [3.05, 3.63) is 40.3 Å². The summed E-state index contributed by atoms with van der Waals surface area (Å²) in [6.07, 6.45) is 0.344. The zero-order valence-electron chi connectivity index (χ0n) is 13.7. The van der Waals surface area contributed by atoms with Gasteiger partial charge in [0.2, 0.25) is 5.91 Å².